The largest absolute Gasteiger partial charge is 0.497 e. The summed E-state index contributed by atoms with van der Waals surface area (Å²) in [6.07, 6.45) is 6.48. The van der Waals surface area contributed by atoms with Gasteiger partial charge in [0.05, 0.1) is 12.6 Å². The Morgan fingerprint density at radius 1 is 1.25 bits per heavy atom. The zero-order valence-corrected chi connectivity index (χ0v) is 9.31. The van der Waals surface area contributed by atoms with Crippen molar-refractivity contribution in [1.82, 2.24) is 0 Å². The van der Waals surface area contributed by atoms with Crippen LogP contribution in [-0.2, 0) is 5.54 Å². The molecule has 0 heterocycles. The summed E-state index contributed by atoms with van der Waals surface area (Å²) in [4.78, 5) is 0. The van der Waals surface area contributed by atoms with Crippen molar-refractivity contribution in [1.29, 1.82) is 0 Å². The number of allylic oxidation sites excluding steroid dienone is 1. The number of nitrogens with two attached hydrogens (primary N) is 2. The van der Waals surface area contributed by atoms with Gasteiger partial charge in [-0.15, -0.1) is 0 Å². The molecule has 3 nitrogen and oxygen atoms in total. The van der Waals surface area contributed by atoms with Crippen molar-refractivity contribution < 1.29 is 4.74 Å². The summed E-state index contributed by atoms with van der Waals surface area (Å²) in [7, 11) is 1.65. The Morgan fingerprint density at radius 3 is 2.44 bits per heavy atom. The van der Waals surface area contributed by atoms with E-state index in [1.54, 1.807) is 7.11 Å². The lowest BCUT2D eigenvalue weighted by molar-refractivity contribution is 0.414. The van der Waals surface area contributed by atoms with Crippen molar-refractivity contribution in [3.05, 3.63) is 53.8 Å². The molecule has 16 heavy (non-hydrogen) atoms. The van der Waals surface area contributed by atoms with E-state index >= 15 is 0 Å². The fourth-order valence-corrected chi connectivity index (χ4v) is 1.78. The molecule has 3 heteroatoms. The monoisotopic (exact) mass is 216 g/mol. The van der Waals surface area contributed by atoms with Gasteiger partial charge in [-0.2, -0.15) is 0 Å². The molecule has 0 fully saturated rings. The van der Waals surface area contributed by atoms with Crippen LogP contribution in [0.2, 0.25) is 0 Å². The summed E-state index contributed by atoms with van der Waals surface area (Å²) >= 11 is 0. The van der Waals surface area contributed by atoms with Gasteiger partial charge in [0.25, 0.3) is 0 Å². The van der Waals surface area contributed by atoms with E-state index in [0.717, 1.165) is 23.4 Å². The van der Waals surface area contributed by atoms with E-state index in [1.165, 1.54) is 0 Å². The maximum atomic E-state index is 6.31. The standard InChI is InChI=1S/C13H16N2O/c1-16-12-4-2-10(3-5-12)13(15)8-6-11(14)7-9-13/h2-8H,9,14-15H2,1H3. The van der Waals surface area contributed by atoms with Crippen molar-refractivity contribution in [3.8, 4) is 5.75 Å². The molecule has 1 aliphatic carbocycles. The normalized spacial score (nSPS) is 24.0. The molecule has 0 amide bonds. The molecule has 0 aromatic heterocycles. The molecular formula is C13H16N2O. The molecule has 2 rings (SSSR count). The third-order valence-electron chi connectivity index (χ3n) is 2.88. The minimum absolute atomic E-state index is 0.449. The first-order valence-corrected chi connectivity index (χ1v) is 5.22. The highest BCUT2D eigenvalue weighted by atomic mass is 16.5. The van der Waals surface area contributed by atoms with E-state index in [-0.39, 0.29) is 0 Å². The van der Waals surface area contributed by atoms with Gasteiger partial charge in [-0.1, -0.05) is 24.3 Å². The van der Waals surface area contributed by atoms with Gasteiger partial charge in [0.2, 0.25) is 0 Å². The lowest BCUT2D eigenvalue weighted by Crippen LogP contribution is -2.35. The van der Waals surface area contributed by atoms with Crippen LogP contribution < -0.4 is 16.2 Å². The second-order valence-electron chi connectivity index (χ2n) is 4.01. The summed E-state index contributed by atoms with van der Waals surface area (Å²) in [5.41, 5.74) is 13.4. The number of ether oxygens (including phenoxy) is 1. The van der Waals surface area contributed by atoms with Crippen molar-refractivity contribution in [2.45, 2.75) is 12.0 Å². The van der Waals surface area contributed by atoms with Gasteiger partial charge in [0, 0.05) is 5.70 Å². The first-order valence-electron chi connectivity index (χ1n) is 5.22. The van der Waals surface area contributed by atoms with Gasteiger partial charge < -0.3 is 16.2 Å². The summed E-state index contributed by atoms with van der Waals surface area (Å²) in [5.74, 6) is 0.835. The maximum Gasteiger partial charge on any atom is 0.118 e. The van der Waals surface area contributed by atoms with E-state index < -0.39 is 5.54 Å². The number of methoxy groups -OCH3 is 1. The Labute approximate surface area is 95.4 Å². The SMILES string of the molecule is COc1ccc(C2(N)C=CC(N)=CC2)cc1. The number of rotatable bonds is 2. The number of benzene rings is 1. The summed E-state index contributed by atoms with van der Waals surface area (Å²) in [6.45, 7) is 0. The molecule has 0 aliphatic heterocycles. The fraction of sp³-hybridized carbons (Fsp3) is 0.231. The average Bonchev–Trinajstić information content (AvgIpc) is 2.33. The molecule has 84 valence electrons. The Kier molecular flexibility index (Phi) is 2.71. The van der Waals surface area contributed by atoms with Crippen LogP contribution in [0.3, 0.4) is 0 Å². The lowest BCUT2D eigenvalue weighted by Gasteiger charge is -2.28. The second-order valence-corrected chi connectivity index (χ2v) is 4.01. The predicted octanol–water partition coefficient (Wildman–Crippen LogP) is 1.65. The van der Waals surface area contributed by atoms with Gasteiger partial charge in [0.1, 0.15) is 5.75 Å². The molecule has 1 aromatic carbocycles. The van der Waals surface area contributed by atoms with Crippen LogP contribution in [0.25, 0.3) is 0 Å². The Hall–Kier alpha value is -1.74. The van der Waals surface area contributed by atoms with Crippen LogP contribution in [0, 0.1) is 0 Å². The number of hydrogen-bond acceptors (Lipinski definition) is 3. The second kappa shape index (κ2) is 4.02. The molecule has 1 aromatic rings. The first-order chi connectivity index (χ1) is 7.64. The average molecular weight is 216 g/mol. The van der Waals surface area contributed by atoms with Crippen molar-refractivity contribution in [3.63, 3.8) is 0 Å². The first kappa shape index (κ1) is 10.8. The van der Waals surface area contributed by atoms with Gasteiger partial charge >= 0.3 is 0 Å². The molecule has 1 unspecified atom stereocenters. The van der Waals surface area contributed by atoms with E-state index in [4.69, 9.17) is 16.2 Å². The third-order valence-corrected chi connectivity index (χ3v) is 2.88. The lowest BCUT2D eigenvalue weighted by atomic mass is 9.84. The molecule has 1 atom stereocenters. The summed E-state index contributed by atoms with van der Waals surface area (Å²) in [5, 5.41) is 0. The molecule has 0 saturated carbocycles. The van der Waals surface area contributed by atoms with Gasteiger partial charge in [-0.25, -0.2) is 0 Å². The minimum Gasteiger partial charge on any atom is -0.497 e. The highest BCUT2D eigenvalue weighted by Crippen LogP contribution is 2.29. The Morgan fingerprint density at radius 2 is 1.94 bits per heavy atom. The molecule has 1 aliphatic rings. The molecule has 0 bridgehead atoms. The predicted molar refractivity (Wildman–Crippen MR) is 64.9 cm³/mol. The molecule has 0 spiro atoms. The highest BCUT2D eigenvalue weighted by Gasteiger charge is 2.24. The molecule has 4 N–H and O–H groups in total. The van der Waals surface area contributed by atoms with Crippen LogP contribution >= 0.6 is 0 Å². The smallest absolute Gasteiger partial charge is 0.118 e. The zero-order valence-electron chi connectivity index (χ0n) is 9.31. The van der Waals surface area contributed by atoms with Crippen molar-refractivity contribution in [2.75, 3.05) is 7.11 Å². The van der Waals surface area contributed by atoms with E-state index in [9.17, 15) is 0 Å². The van der Waals surface area contributed by atoms with Crippen LogP contribution in [-0.4, -0.2) is 7.11 Å². The van der Waals surface area contributed by atoms with Crippen molar-refractivity contribution in [2.24, 2.45) is 11.5 Å². The zero-order chi connectivity index (χ0) is 11.6. The minimum atomic E-state index is -0.449. The van der Waals surface area contributed by atoms with E-state index in [1.807, 2.05) is 42.5 Å². The third kappa shape index (κ3) is 1.95. The van der Waals surface area contributed by atoms with Crippen LogP contribution in [0.1, 0.15) is 12.0 Å². The summed E-state index contributed by atoms with van der Waals surface area (Å²) in [6, 6.07) is 7.80. The van der Waals surface area contributed by atoms with Gasteiger partial charge in [-0.3, -0.25) is 0 Å². The quantitative estimate of drug-likeness (QED) is 0.790. The van der Waals surface area contributed by atoms with Crippen LogP contribution in [0.5, 0.6) is 5.75 Å². The maximum absolute atomic E-state index is 6.31. The highest BCUT2D eigenvalue weighted by molar-refractivity contribution is 5.39. The Balaban J connectivity index is 2.27. The topological polar surface area (TPSA) is 61.3 Å². The van der Waals surface area contributed by atoms with Crippen LogP contribution in [0.4, 0.5) is 0 Å². The fourth-order valence-electron chi connectivity index (χ4n) is 1.78. The van der Waals surface area contributed by atoms with Gasteiger partial charge in [-0.05, 0) is 30.2 Å². The van der Waals surface area contributed by atoms with E-state index in [2.05, 4.69) is 0 Å². The van der Waals surface area contributed by atoms with E-state index in [0.29, 0.717) is 0 Å². The molecule has 0 saturated heterocycles. The Bertz CT molecular complexity index is 434. The van der Waals surface area contributed by atoms with Crippen molar-refractivity contribution >= 4 is 0 Å². The van der Waals surface area contributed by atoms with Gasteiger partial charge in [0.15, 0.2) is 0 Å². The number of hydrogen-bond donors (Lipinski definition) is 2. The molecular weight excluding hydrogens is 200 g/mol. The molecule has 0 radical (unpaired) electrons. The van der Waals surface area contributed by atoms with Crippen LogP contribution in [0.15, 0.2) is 48.2 Å². The summed E-state index contributed by atoms with van der Waals surface area (Å²) < 4.78 is 5.12.